The van der Waals surface area contributed by atoms with Crippen molar-refractivity contribution in [1.29, 1.82) is 0 Å². The van der Waals surface area contributed by atoms with Gasteiger partial charge in [0, 0.05) is 6.21 Å². The second kappa shape index (κ2) is 20.9. The first kappa shape index (κ1) is 29.4. The molecule has 6 nitrogen and oxygen atoms in total. The van der Waals surface area contributed by atoms with E-state index in [-0.39, 0.29) is 0 Å². The van der Waals surface area contributed by atoms with E-state index in [9.17, 15) is 9.59 Å². The molecule has 0 unspecified atom stereocenters. The lowest BCUT2D eigenvalue weighted by Gasteiger charge is -2.10. The number of hydrogen-bond acceptors (Lipinski definition) is 6. The molecule has 0 atom stereocenters. The number of carbonyl (C=O) groups is 2. The molecule has 1 aromatic carbocycles. The lowest BCUT2D eigenvalue weighted by atomic mass is 10.1. The largest absolute Gasteiger partial charge is 0.462 e. The highest BCUT2D eigenvalue weighted by Gasteiger charge is 2.18. The van der Waals surface area contributed by atoms with Crippen molar-refractivity contribution in [1.82, 2.24) is 5.32 Å². The molecule has 1 aliphatic rings. The maximum atomic E-state index is 12.4. The van der Waals surface area contributed by atoms with E-state index in [1.807, 2.05) is 12.3 Å². The van der Waals surface area contributed by atoms with Crippen LogP contribution in [-0.2, 0) is 9.47 Å². The number of carbonyl (C=O) groups excluding carboxylic acids is 2. The fraction of sp³-hybridized carbons (Fsp3) is 0.607. The molecular formula is C28H44N2O4. The molecule has 0 aromatic heterocycles. The van der Waals surface area contributed by atoms with Gasteiger partial charge in [-0.05, 0) is 37.3 Å². The Morgan fingerprint density at radius 3 is 1.59 bits per heavy atom. The molecule has 0 spiro atoms. The minimum absolute atomic E-state index is 0.293. The Hall–Kier alpha value is -2.63. The molecular weight excluding hydrogens is 428 g/mol. The maximum Gasteiger partial charge on any atom is 0.339 e. The average molecular weight is 473 g/mol. The van der Waals surface area contributed by atoms with Gasteiger partial charge in [-0.1, -0.05) is 90.2 Å². The van der Waals surface area contributed by atoms with Gasteiger partial charge in [0.05, 0.1) is 24.3 Å². The quantitative estimate of drug-likeness (QED) is 0.210. The number of allylic oxidation sites excluding steroid dienone is 1. The smallest absolute Gasteiger partial charge is 0.339 e. The summed E-state index contributed by atoms with van der Waals surface area (Å²) in [5, 5.41) is 2.91. The van der Waals surface area contributed by atoms with E-state index in [2.05, 4.69) is 24.2 Å². The number of nitrogens with zero attached hydrogens (tertiary/aromatic N) is 1. The van der Waals surface area contributed by atoms with E-state index in [4.69, 9.17) is 9.47 Å². The van der Waals surface area contributed by atoms with E-state index in [1.165, 1.54) is 51.4 Å². The monoisotopic (exact) mass is 472 g/mol. The molecule has 0 saturated carbocycles. The summed E-state index contributed by atoms with van der Waals surface area (Å²) in [6.07, 6.45) is 19.1. The van der Waals surface area contributed by atoms with Crippen LogP contribution in [0.25, 0.3) is 0 Å². The van der Waals surface area contributed by atoms with Crippen LogP contribution in [0.5, 0.6) is 0 Å². The van der Waals surface area contributed by atoms with Crippen LogP contribution in [0.1, 0.15) is 112 Å². The molecule has 0 radical (unpaired) electrons. The number of unbranched alkanes of at least 4 members (excludes halogenated alkanes) is 10. The molecule has 1 N–H and O–H groups in total. The predicted octanol–water partition coefficient (Wildman–Crippen LogP) is 6.85. The Kier molecular flexibility index (Phi) is 18.1. The number of rotatable bonds is 16. The number of nitrogens with one attached hydrogen (secondary N) is 1. The first-order valence-corrected chi connectivity index (χ1v) is 13.0. The van der Waals surface area contributed by atoms with Crippen LogP contribution in [0.3, 0.4) is 0 Å². The molecule has 2 rings (SSSR count). The molecule has 0 amide bonds. The molecule has 0 saturated heterocycles. The Bertz CT molecular complexity index is 670. The third kappa shape index (κ3) is 14.5. The first-order valence-electron chi connectivity index (χ1n) is 13.0. The number of hydrogen-bond donors (Lipinski definition) is 1. The van der Waals surface area contributed by atoms with Gasteiger partial charge in [-0.3, -0.25) is 4.99 Å². The number of esters is 2. The summed E-state index contributed by atoms with van der Waals surface area (Å²) in [5.74, 6) is -0.888. The molecule has 0 aliphatic carbocycles. The Morgan fingerprint density at radius 1 is 0.765 bits per heavy atom. The third-order valence-corrected chi connectivity index (χ3v) is 5.42. The SMILES string of the molecule is C1=CNCN=C1.CCCCCCCCOC(=O)c1ccccc1C(=O)OCCCCCCCC. The summed E-state index contributed by atoms with van der Waals surface area (Å²) in [6, 6.07) is 6.74. The van der Waals surface area contributed by atoms with Crippen LogP contribution in [0.4, 0.5) is 0 Å². The lowest BCUT2D eigenvalue weighted by Crippen LogP contribution is -2.15. The number of benzene rings is 1. The minimum Gasteiger partial charge on any atom is -0.462 e. The number of ether oxygens (including phenoxy) is 2. The molecule has 1 aromatic rings. The van der Waals surface area contributed by atoms with Crippen molar-refractivity contribution in [2.45, 2.75) is 90.9 Å². The fourth-order valence-electron chi connectivity index (χ4n) is 3.42. The van der Waals surface area contributed by atoms with E-state index < -0.39 is 11.9 Å². The lowest BCUT2D eigenvalue weighted by molar-refractivity contribution is 0.0450. The normalized spacial score (nSPS) is 11.8. The summed E-state index contributed by atoms with van der Waals surface area (Å²) >= 11 is 0. The van der Waals surface area contributed by atoms with Crippen molar-refractivity contribution >= 4 is 18.2 Å². The summed E-state index contributed by atoms with van der Waals surface area (Å²) in [6.45, 7) is 5.91. The van der Waals surface area contributed by atoms with Gasteiger partial charge in [0.25, 0.3) is 0 Å². The number of aliphatic imine (C=N–C) groups is 1. The Labute approximate surface area is 206 Å². The summed E-state index contributed by atoms with van der Waals surface area (Å²) in [7, 11) is 0. The molecule has 0 bridgehead atoms. The van der Waals surface area contributed by atoms with Crippen LogP contribution in [0.2, 0.25) is 0 Å². The Morgan fingerprint density at radius 2 is 1.24 bits per heavy atom. The van der Waals surface area contributed by atoms with Crippen LogP contribution in [-0.4, -0.2) is 38.0 Å². The second-order valence-electron chi connectivity index (χ2n) is 8.41. The highest BCUT2D eigenvalue weighted by Crippen LogP contribution is 2.14. The van der Waals surface area contributed by atoms with Gasteiger partial charge in [-0.15, -0.1) is 0 Å². The van der Waals surface area contributed by atoms with E-state index in [1.54, 1.807) is 30.5 Å². The van der Waals surface area contributed by atoms with Crippen LogP contribution >= 0.6 is 0 Å². The van der Waals surface area contributed by atoms with Gasteiger partial charge in [-0.2, -0.15) is 0 Å². The maximum absolute atomic E-state index is 12.4. The van der Waals surface area contributed by atoms with Crippen LogP contribution in [0, 0.1) is 0 Å². The highest BCUT2D eigenvalue weighted by molar-refractivity contribution is 6.03. The van der Waals surface area contributed by atoms with Crippen molar-refractivity contribution in [3.63, 3.8) is 0 Å². The third-order valence-electron chi connectivity index (χ3n) is 5.42. The molecule has 1 heterocycles. The van der Waals surface area contributed by atoms with Gasteiger partial charge in [-0.25, -0.2) is 9.59 Å². The fourth-order valence-corrected chi connectivity index (χ4v) is 3.42. The molecule has 6 heteroatoms. The van der Waals surface area contributed by atoms with Gasteiger partial charge >= 0.3 is 11.9 Å². The van der Waals surface area contributed by atoms with E-state index >= 15 is 0 Å². The zero-order valence-corrected chi connectivity index (χ0v) is 21.2. The minimum atomic E-state index is -0.444. The molecule has 34 heavy (non-hydrogen) atoms. The van der Waals surface area contributed by atoms with Crippen molar-refractivity contribution in [3.8, 4) is 0 Å². The molecule has 1 aliphatic heterocycles. The summed E-state index contributed by atoms with van der Waals surface area (Å²) in [4.78, 5) is 28.6. The van der Waals surface area contributed by atoms with Gasteiger partial charge in [0.1, 0.15) is 6.67 Å². The van der Waals surface area contributed by atoms with Gasteiger partial charge in [0.15, 0.2) is 0 Å². The van der Waals surface area contributed by atoms with E-state index in [0.717, 1.165) is 32.4 Å². The van der Waals surface area contributed by atoms with E-state index in [0.29, 0.717) is 24.3 Å². The average Bonchev–Trinajstić information content (AvgIpc) is 2.88. The zero-order valence-electron chi connectivity index (χ0n) is 21.2. The van der Waals surface area contributed by atoms with Crippen LogP contribution < -0.4 is 5.32 Å². The highest BCUT2D eigenvalue weighted by atomic mass is 16.5. The van der Waals surface area contributed by atoms with Crippen LogP contribution in [0.15, 0.2) is 41.5 Å². The van der Waals surface area contributed by atoms with Gasteiger partial charge < -0.3 is 14.8 Å². The standard InChI is InChI=1S/C24H38O4.C4H6N2/c1-3-5-7-9-11-15-19-27-23(25)21-17-13-14-18-22(21)24(26)28-20-16-12-10-8-6-4-2;1-2-5-4-6-3-1/h13-14,17-18H,3-12,15-16,19-20H2,1-2H3;1-3,5H,4H2. The topological polar surface area (TPSA) is 77.0 Å². The first-order chi connectivity index (χ1) is 16.7. The second-order valence-corrected chi connectivity index (χ2v) is 8.41. The molecule has 190 valence electrons. The molecule has 0 fully saturated rings. The predicted molar refractivity (Wildman–Crippen MR) is 139 cm³/mol. The summed E-state index contributed by atoms with van der Waals surface area (Å²) in [5.41, 5.74) is 0.586. The van der Waals surface area contributed by atoms with Crippen molar-refractivity contribution in [2.24, 2.45) is 4.99 Å². The van der Waals surface area contributed by atoms with Crippen molar-refractivity contribution < 1.29 is 19.1 Å². The van der Waals surface area contributed by atoms with Gasteiger partial charge in [0.2, 0.25) is 0 Å². The Balaban J connectivity index is 0.000000830. The van der Waals surface area contributed by atoms with Crippen molar-refractivity contribution in [2.75, 3.05) is 19.9 Å². The van der Waals surface area contributed by atoms with Crippen molar-refractivity contribution in [3.05, 3.63) is 47.7 Å². The summed E-state index contributed by atoms with van der Waals surface area (Å²) < 4.78 is 10.7. The zero-order chi connectivity index (χ0) is 24.7.